The Balaban J connectivity index is 2.13. The molecular weight excluding hydrogens is 580 g/mol. The summed E-state index contributed by atoms with van der Waals surface area (Å²) in [7, 11) is 0. The average molecular weight is 631 g/mol. The molecule has 0 radical (unpaired) electrons. The summed E-state index contributed by atoms with van der Waals surface area (Å²) in [6.07, 6.45) is -5.52. The van der Waals surface area contributed by atoms with Gasteiger partial charge in [-0.1, -0.05) is 0 Å². The first-order chi connectivity index (χ1) is 19.7. The maximum absolute atomic E-state index is 14.1. The van der Waals surface area contributed by atoms with Gasteiger partial charge in [0.15, 0.2) is 23.3 Å². The lowest BCUT2D eigenvalue weighted by atomic mass is 9.74. The molecule has 13 heteroatoms. The molecule has 3 saturated heterocycles. The first-order valence-electron chi connectivity index (χ1n) is 14.9. The molecule has 0 aromatic rings. The van der Waals surface area contributed by atoms with Gasteiger partial charge in [-0.05, 0) is 90.0 Å². The Labute approximate surface area is 259 Å². The molecule has 0 saturated carbocycles. The summed E-state index contributed by atoms with van der Waals surface area (Å²) in [5.41, 5.74) is -6.83. The van der Waals surface area contributed by atoms with Crippen LogP contribution < -0.4 is 0 Å². The van der Waals surface area contributed by atoms with E-state index in [1.807, 2.05) is 0 Å². The summed E-state index contributed by atoms with van der Waals surface area (Å²) in [4.78, 5) is 52.4. The lowest BCUT2D eigenvalue weighted by Crippen LogP contribution is -2.71. The highest BCUT2D eigenvalue weighted by molar-refractivity contribution is 5.86. The Kier molecular flexibility index (Phi) is 9.44. The molecule has 0 aliphatic carbocycles. The summed E-state index contributed by atoms with van der Waals surface area (Å²) in [5.74, 6) is -5.56. The van der Waals surface area contributed by atoms with Crippen molar-refractivity contribution in [2.45, 2.75) is 137 Å². The van der Waals surface area contributed by atoms with Gasteiger partial charge in [-0.15, -0.1) is 0 Å². The molecule has 0 aromatic carbocycles. The number of carbonyl (C=O) groups is 4. The van der Waals surface area contributed by atoms with Gasteiger partial charge in [0, 0.05) is 0 Å². The molecule has 1 N–H and O–H groups in total. The Morgan fingerprint density at radius 2 is 1.25 bits per heavy atom. The first-order valence-corrected chi connectivity index (χ1v) is 14.9. The molecule has 3 fully saturated rings. The third-order valence-electron chi connectivity index (χ3n) is 7.45. The maximum atomic E-state index is 14.1. The summed E-state index contributed by atoms with van der Waals surface area (Å²) in [6, 6.07) is 0. The highest BCUT2D eigenvalue weighted by atomic mass is 16.8. The molecule has 3 heterocycles. The molecule has 13 nitrogen and oxygen atoms in total. The lowest BCUT2D eigenvalue weighted by molar-refractivity contribution is -0.255. The van der Waals surface area contributed by atoms with Gasteiger partial charge in [0.05, 0.1) is 16.2 Å². The van der Waals surface area contributed by atoms with E-state index in [-0.39, 0.29) is 0 Å². The Hall–Kier alpha value is -2.32. The fraction of sp³-hybridized carbons (Fsp3) is 0.871. The first kappa shape index (κ1) is 36.2. The second-order valence-electron chi connectivity index (χ2n) is 15.7. The number of fused-ring (bicyclic) bond motifs is 1. The van der Waals surface area contributed by atoms with Crippen LogP contribution in [-0.2, 0) is 57.1 Å². The lowest BCUT2D eigenvalue weighted by Gasteiger charge is -2.43. The number of aliphatic hydroxyl groups excluding tert-OH is 1. The molecule has 0 amide bonds. The topological polar surface area (TPSA) is 162 Å². The Morgan fingerprint density at radius 3 is 1.77 bits per heavy atom. The van der Waals surface area contributed by atoms with Crippen LogP contribution in [0.25, 0.3) is 0 Å². The fourth-order valence-corrected chi connectivity index (χ4v) is 5.28. The van der Waals surface area contributed by atoms with E-state index in [9.17, 15) is 24.3 Å². The van der Waals surface area contributed by atoms with Gasteiger partial charge in [0.1, 0.15) is 38.1 Å². The molecule has 0 aromatic heterocycles. The molecule has 0 spiro atoms. The number of cyclic esters (lactones) is 1. The van der Waals surface area contributed by atoms with E-state index >= 15 is 0 Å². The number of hydrogen-bond acceptors (Lipinski definition) is 13. The highest BCUT2D eigenvalue weighted by Crippen LogP contribution is 2.57. The summed E-state index contributed by atoms with van der Waals surface area (Å²) < 4.78 is 47.7. The molecule has 252 valence electrons. The minimum Gasteiger partial charge on any atom is -0.462 e. The number of aliphatic hydroxyl groups is 1. The van der Waals surface area contributed by atoms with Crippen molar-refractivity contribution >= 4 is 23.9 Å². The predicted octanol–water partition coefficient (Wildman–Crippen LogP) is 2.82. The highest BCUT2D eigenvalue weighted by Gasteiger charge is 2.82. The van der Waals surface area contributed by atoms with Crippen LogP contribution >= 0.6 is 0 Å². The SMILES string of the molecule is CC1(C)O[C@H](COC(=O)C(C)(C)C)[C@@](COC(=O)C(C)(C)C)([C@]23OC(C)(C)O[C@H]2[C@H](C(O)COC(=O)C(C)(C)C)OC3=O)O1. The largest absolute Gasteiger partial charge is 0.462 e. The van der Waals surface area contributed by atoms with Gasteiger partial charge in [-0.2, -0.15) is 0 Å². The third kappa shape index (κ3) is 6.91. The van der Waals surface area contributed by atoms with Crippen molar-refractivity contribution in [1.29, 1.82) is 0 Å². The average Bonchev–Trinajstić information content (AvgIpc) is 3.40. The molecule has 6 atom stereocenters. The van der Waals surface area contributed by atoms with Crippen molar-refractivity contribution in [2.75, 3.05) is 19.8 Å². The molecule has 1 unspecified atom stereocenters. The van der Waals surface area contributed by atoms with Crippen LogP contribution in [0.3, 0.4) is 0 Å². The predicted molar refractivity (Wildman–Crippen MR) is 153 cm³/mol. The fourth-order valence-electron chi connectivity index (χ4n) is 5.28. The number of rotatable bonds is 8. The van der Waals surface area contributed by atoms with Crippen LogP contribution in [-0.4, -0.2) is 96.0 Å². The molecular formula is C31H50O13. The van der Waals surface area contributed by atoms with Crippen molar-refractivity contribution < 1.29 is 62.2 Å². The number of carbonyl (C=O) groups excluding carboxylic acids is 4. The molecule has 3 aliphatic rings. The zero-order valence-electron chi connectivity index (χ0n) is 28.3. The zero-order valence-corrected chi connectivity index (χ0v) is 28.3. The van der Waals surface area contributed by atoms with Crippen LogP contribution in [0, 0.1) is 16.2 Å². The van der Waals surface area contributed by atoms with E-state index < -0.39 is 107 Å². The van der Waals surface area contributed by atoms with Crippen molar-refractivity contribution in [2.24, 2.45) is 16.2 Å². The van der Waals surface area contributed by atoms with Crippen molar-refractivity contribution in [3.05, 3.63) is 0 Å². The summed E-state index contributed by atoms with van der Waals surface area (Å²) in [5, 5.41) is 11.2. The van der Waals surface area contributed by atoms with E-state index in [2.05, 4.69) is 0 Å². The van der Waals surface area contributed by atoms with Crippen LogP contribution in [0.2, 0.25) is 0 Å². The van der Waals surface area contributed by atoms with Crippen LogP contribution in [0.15, 0.2) is 0 Å². The van der Waals surface area contributed by atoms with Gasteiger partial charge < -0.3 is 43.0 Å². The molecule has 44 heavy (non-hydrogen) atoms. The van der Waals surface area contributed by atoms with Gasteiger partial charge in [0.2, 0.25) is 5.60 Å². The van der Waals surface area contributed by atoms with Gasteiger partial charge in [-0.25, -0.2) is 4.79 Å². The number of hydrogen-bond donors (Lipinski definition) is 1. The number of ether oxygens (including phenoxy) is 8. The monoisotopic (exact) mass is 630 g/mol. The third-order valence-corrected chi connectivity index (χ3v) is 7.45. The summed E-state index contributed by atoms with van der Waals surface area (Å²) in [6.45, 7) is 19.8. The van der Waals surface area contributed by atoms with Crippen LogP contribution in [0.4, 0.5) is 0 Å². The van der Waals surface area contributed by atoms with Gasteiger partial charge in [0.25, 0.3) is 0 Å². The normalized spacial score (nSPS) is 32.0. The maximum Gasteiger partial charge on any atom is 0.345 e. The number of esters is 4. The van der Waals surface area contributed by atoms with E-state index in [1.165, 1.54) is 0 Å². The minimum atomic E-state index is -2.19. The minimum absolute atomic E-state index is 0.408. The van der Waals surface area contributed by atoms with Gasteiger partial charge >= 0.3 is 23.9 Å². The zero-order chi connectivity index (χ0) is 33.9. The molecule has 3 rings (SSSR count). The summed E-state index contributed by atoms with van der Waals surface area (Å²) >= 11 is 0. The van der Waals surface area contributed by atoms with E-state index in [0.29, 0.717) is 0 Å². The van der Waals surface area contributed by atoms with Gasteiger partial charge in [-0.3, -0.25) is 14.4 Å². The van der Waals surface area contributed by atoms with E-state index in [4.69, 9.17) is 37.9 Å². The van der Waals surface area contributed by atoms with E-state index in [0.717, 1.165) is 0 Å². The van der Waals surface area contributed by atoms with Crippen molar-refractivity contribution in [3.8, 4) is 0 Å². The smallest absolute Gasteiger partial charge is 0.345 e. The van der Waals surface area contributed by atoms with Crippen molar-refractivity contribution in [3.63, 3.8) is 0 Å². The Morgan fingerprint density at radius 1 is 0.773 bits per heavy atom. The second-order valence-corrected chi connectivity index (χ2v) is 15.7. The van der Waals surface area contributed by atoms with E-state index in [1.54, 1.807) is 90.0 Å². The van der Waals surface area contributed by atoms with Crippen LogP contribution in [0.1, 0.15) is 90.0 Å². The Bertz CT molecular complexity index is 1140. The second kappa shape index (κ2) is 11.5. The van der Waals surface area contributed by atoms with Crippen molar-refractivity contribution in [1.82, 2.24) is 0 Å². The van der Waals surface area contributed by atoms with Crippen LogP contribution in [0.5, 0.6) is 0 Å². The standard InChI is InChI=1S/C31H50O13/c1-25(2,3)21(33)37-14-17(32)19-20-31(24(36)40-19,44-29(12,13)42-20)30(16-39-23(35)27(7,8)9)18(41-28(10,11)43-30)15-38-22(34)26(4,5)6/h17-20,32H,14-16H2,1-13H3/t17?,18-,19+,20+,30+,31+/m1/s1. The quantitative estimate of drug-likeness (QED) is 0.308. The molecule has 0 bridgehead atoms. The molecule has 3 aliphatic heterocycles.